The van der Waals surface area contributed by atoms with Gasteiger partial charge in [-0.3, -0.25) is 0 Å². The second kappa shape index (κ2) is 8.67. The zero-order chi connectivity index (χ0) is 22.7. The van der Waals surface area contributed by atoms with E-state index in [9.17, 15) is 18.0 Å². The highest BCUT2D eigenvalue weighted by atomic mass is 19.4. The first-order valence-corrected chi connectivity index (χ1v) is 9.74. The van der Waals surface area contributed by atoms with Crippen molar-refractivity contribution in [3.8, 4) is 17.6 Å². The van der Waals surface area contributed by atoms with Gasteiger partial charge in [0.05, 0.1) is 18.7 Å². The van der Waals surface area contributed by atoms with Crippen molar-refractivity contribution in [3.63, 3.8) is 0 Å². The van der Waals surface area contributed by atoms with Crippen LogP contribution in [0.15, 0.2) is 72.8 Å². The number of hydrogen-bond donors (Lipinski definition) is 1. The average molecular weight is 437 g/mol. The summed E-state index contributed by atoms with van der Waals surface area (Å²) in [6, 6.07) is 18.8. The van der Waals surface area contributed by atoms with Crippen LogP contribution in [0.4, 0.5) is 18.0 Å². The number of halogens is 3. The van der Waals surface area contributed by atoms with Crippen LogP contribution in [0.1, 0.15) is 40.0 Å². The minimum Gasteiger partial charge on any atom is -0.497 e. The minimum absolute atomic E-state index is 0.261. The van der Waals surface area contributed by atoms with Crippen LogP contribution in [0.3, 0.4) is 0 Å². The molecule has 3 aromatic rings. The van der Waals surface area contributed by atoms with E-state index in [0.29, 0.717) is 11.3 Å². The number of nitrogens with one attached hydrogen (secondary N) is 1. The number of carbonyl (C=O) groups is 1. The van der Waals surface area contributed by atoms with E-state index in [-0.39, 0.29) is 5.56 Å². The molecule has 0 aromatic heterocycles. The Morgan fingerprint density at radius 3 is 2.28 bits per heavy atom. The normalized spacial score (nSPS) is 17.7. The van der Waals surface area contributed by atoms with E-state index in [2.05, 4.69) is 17.2 Å². The first-order chi connectivity index (χ1) is 15.3. The smallest absolute Gasteiger partial charge is 0.416 e. The summed E-state index contributed by atoms with van der Waals surface area (Å²) in [6.07, 6.45) is -5.53. The SMILES string of the molecule is COc1cccc([C@H]2OC(=O)N[C@@H]2c2cccc(C#Cc3cccc(C(F)(F)F)c3)c2)c1. The molecule has 0 unspecified atom stereocenters. The lowest BCUT2D eigenvalue weighted by molar-refractivity contribution is -0.137. The van der Waals surface area contributed by atoms with Gasteiger partial charge in [-0.2, -0.15) is 13.2 Å². The molecule has 0 saturated carbocycles. The summed E-state index contributed by atoms with van der Waals surface area (Å²) in [6.45, 7) is 0. The van der Waals surface area contributed by atoms with Gasteiger partial charge in [0.2, 0.25) is 0 Å². The Kier molecular flexibility index (Phi) is 5.78. The lowest BCUT2D eigenvalue weighted by atomic mass is 9.95. The second-order valence-electron chi connectivity index (χ2n) is 7.18. The summed E-state index contributed by atoms with van der Waals surface area (Å²) in [7, 11) is 1.56. The van der Waals surface area contributed by atoms with Crippen LogP contribution in [0.25, 0.3) is 0 Å². The molecule has 1 aliphatic rings. The van der Waals surface area contributed by atoms with E-state index in [1.54, 1.807) is 37.4 Å². The van der Waals surface area contributed by atoms with Gasteiger partial charge in [-0.05, 0) is 53.6 Å². The van der Waals surface area contributed by atoms with E-state index in [1.807, 2.05) is 18.2 Å². The third kappa shape index (κ3) is 4.70. The van der Waals surface area contributed by atoms with E-state index in [0.717, 1.165) is 23.3 Å². The first-order valence-electron chi connectivity index (χ1n) is 9.74. The molecule has 32 heavy (non-hydrogen) atoms. The molecule has 1 fully saturated rings. The molecule has 1 amide bonds. The second-order valence-corrected chi connectivity index (χ2v) is 7.18. The van der Waals surface area contributed by atoms with Gasteiger partial charge >= 0.3 is 12.3 Å². The molecule has 4 nitrogen and oxygen atoms in total. The summed E-state index contributed by atoms with van der Waals surface area (Å²) in [5, 5.41) is 2.81. The van der Waals surface area contributed by atoms with E-state index < -0.39 is 30.0 Å². The van der Waals surface area contributed by atoms with Gasteiger partial charge in [0, 0.05) is 11.1 Å². The summed E-state index contributed by atoms with van der Waals surface area (Å²) < 4.78 is 49.5. The Morgan fingerprint density at radius 1 is 0.906 bits per heavy atom. The highest BCUT2D eigenvalue weighted by molar-refractivity contribution is 5.71. The Bertz CT molecular complexity index is 1210. The Hall–Kier alpha value is -3.92. The minimum atomic E-state index is -4.42. The summed E-state index contributed by atoms with van der Waals surface area (Å²) in [4.78, 5) is 12.0. The Labute approximate surface area is 183 Å². The molecule has 0 radical (unpaired) electrons. The third-order valence-corrected chi connectivity index (χ3v) is 5.02. The number of benzene rings is 3. The Morgan fingerprint density at radius 2 is 1.56 bits per heavy atom. The molecule has 3 aromatic carbocycles. The lowest BCUT2D eigenvalue weighted by Crippen LogP contribution is -2.19. The van der Waals surface area contributed by atoms with Gasteiger partial charge in [-0.15, -0.1) is 0 Å². The maximum absolute atomic E-state index is 12.9. The zero-order valence-electron chi connectivity index (χ0n) is 16.9. The van der Waals surface area contributed by atoms with Crippen molar-refractivity contribution in [1.82, 2.24) is 5.32 Å². The predicted molar refractivity (Wildman–Crippen MR) is 112 cm³/mol. The van der Waals surface area contributed by atoms with Gasteiger partial charge in [-0.25, -0.2) is 4.79 Å². The van der Waals surface area contributed by atoms with E-state index >= 15 is 0 Å². The lowest BCUT2D eigenvalue weighted by Gasteiger charge is -2.18. The van der Waals surface area contributed by atoms with Gasteiger partial charge in [0.15, 0.2) is 6.10 Å². The summed E-state index contributed by atoms with van der Waals surface area (Å²) in [5.41, 5.74) is 1.65. The highest BCUT2D eigenvalue weighted by Crippen LogP contribution is 2.38. The molecule has 0 aliphatic carbocycles. The summed E-state index contributed by atoms with van der Waals surface area (Å²) >= 11 is 0. The summed E-state index contributed by atoms with van der Waals surface area (Å²) in [5.74, 6) is 6.31. The van der Waals surface area contributed by atoms with Gasteiger partial charge in [-0.1, -0.05) is 42.2 Å². The number of cyclic esters (lactones) is 1. The van der Waals surface area contributed by atoms with Crippen molar-refractivity contribution in [2.45, 2.75) is 18.3 Å². The van der Waals surface area contributed by atoms with Crippen LogP contribution in [0.2, 0.25) is 0 Å². The molecule has 1 aliphatic heterocycles. The van der Waals surface area contributed by atoms with Crippen LogP contribution in [0, 0.1) is 11.8 Å². The fourth-order valence-electron chi connectivity index (χ4n) is 3.48. The molecule has 2 atom stereocenters. The van der Waals surface area contributed by atoms with E-state index in [1.165, 1.54) is 12.1 Å². The monoisotopic (exact) mass is 437 g/mol. The number of hydrogen-bond acceptors (Lipinski definition) is 3. The number of rotatable bonds is 3. The molecule has 1 saturated heterocycles. The largest absolute Gasteiger partial charge is 0.497 e. The fourth-order valence-corrected chi connectivity index (χ4v) is 3.48. The zero-order valence-corrected chi connectivity index (χ0v) is 16.9. The van der Waals surface area contributed by atoms with Crippen LogP contribution >= 0.6 is 0 Å². The number of alkyl carbamates (subject to hydrolysis) is 1. The molecular formula is C25H18F3NO3. The van der Waals surface area contributed by atoms with Crippen molar-refractivity contribution >= 4 is 6.09 Å². The quantitative estimate of drug-likeness (QED) is 0.540. The number of amides is 1. The van der Waals surface area contributed by atoms with Crippen molar-refractivity contribution in [3.05, 3.63) is 101 Å². The predicted octanol–water partition coefficient (Wildman–Crippen LogP) is 5.64. The molecule has 1 N–H and O–H groups in total. The van der Waals surface area contributed by atoms with Crippen molar-refractivity contribution in [2.24, 2.45) is 0 Å². The van der Waals surface area contributed by atoms with Gasteiger partial charge in [0.1, 0.15) is 5.75 Å². The molecule has 162 valence electrons. The Balaban J connectivity index is 1.62. The van der Waals surface area contributed by atoms with Crippen molar-refractivity contribution < 1.29 is 27.4 Å². The first kappa shape index (κ1) is 21.3. The highest BCUT2D eigenvalue weighted by Gasteiger charge is 2.36. The van der Waals surface area contributed by atoms with Crippen molar-refractivity contribution in [2.75, 3.05) is 7.11 Å². The third-order valence-electron chi connectivity index (χ3n) is 5.02. The number of methoxy groups -OCH3 is 1. The molecular weight excluding hydrogens is 419 g/mol. The van der Waals surface area contributed by atoms with Gasteiger partial charge < -0.3 is 14.8 Å². The van der Waals surface area contributed by atoms with Crippen molar-refractivity contribution in [1.29, 1.82) is 0 Å². The van der Waals surface area contributed by atoms with E-state index in [4.69, 9.17) is 9.47 Å². The van der Waals surface area contributed by atoms with Crippen LogP contribution in [-0.2, 0) is 10.9 Å². The van der Waals surface area contributed by atoms with Crippen LogP contribution < -0.4 is 10.1 Å². The van der Waals surface area contributed by atoms with Gasteiger partial charge in [0.25, 0.3) is 0 Å². The maximum atomic E-state index is 12.9. The molecule has 4 rings (SSSR count). The van der Waals surface area contributed by atoms with Crippen LogP contribution in [0.5, 0.6) is 5.75 Å². The maximum Gasteiger partial charge on any atom is 0.416 e. The number of carbonyl (C=O) groups excluding carboxylic acids is 1. The molecule has 1 heterocycles. The standard InChI is InChI=1S/C25H18F3NO3/c1-31-21-10-4-8-19(15-21)23-22(29-24(30)32-23)18-7-2-5-16(13-18)11-12-17-6-3-9-20(14-17)25(26,27)28/h2-10,13-15,22-23H,1H3,(H,29,30)/t22-,23-/m1/s1. The fraction of sp³-hybridized carbons (Fsp3) is 0.160. The average Bonchev–Trinajstić information content (AvgIpc) is 3.19. The molecule has 0 bridgehead atoms. The van der Waals surface area contributed by atoms with Crippen LogP contribution in [-0.4, -0.2) is 13.2 Å². The topological polar surface area (TPSA) is 47.6 Å². The molecule has 0 spiro atoms. The molecule has 7 heteroatoms. The number of alkyl halides is 3. The number of ether oxygens (including phenoxy) is 2.